The van der Waals surface area contributed by atoms with Gasteiger partial charge in [-0.1, -0.05) is 11.6 Å². The molecule has 2 rings (SSSR count). The molecule has 0 N–H and O–H groups in total. The van der Waals surface area contributed by atoms with Crippen molar-refractivity contribution in [3.8, 4) is 5.75 Å². The highest BCUT2D eigenvalue weighted by Gasteiger charge is 2.36. The second-order valence-electron chi connectivity index (χ2n) is 3.44. The summed E-state index contributed by atoms with van der Waals surface area (Å²) in [5.74, 6) is 0.509. The lowest BCUT2D eigenvalue weighted by molar-refractivity contribution is -0.141. The SMILES string of the molecule is CCOc1ccc2nc(C(F)(F)F)c(Cl)nc2c1. The standard InChI is InChI=1S/C11H8ClF3N2O/c1-2-18-6-3-4-7-8(5-6)17-10(12)9(16-7)11(13,14)15/h3-5H,2H2,1H3. The van der Waals surface area contributed by atoms with E-state index in [1.807, 2.05) is 0 Å². The van der Waals surface area contributed by atoms with E-state index in [9.17, 15) is 13.2 Å². The fraction of sp³-hybridized carbons (Fsp3) is 0.273. The number of hydrogen-bond acceptors (Lipinski definition) is 3. The fourth-order valence-electron chi connectivity index (χ4n) is 1.45. The second-order valence-corrected chi connectivity index (χ2v) is 3.80. The minimum atomic E-state index is -4.61. The average Bonchev–Trinajstić information content (AvgIpc) is 2.27. The van der Waals surface area contributed by atoms with Crippen molar-refractivity contribution < 1.29 is 17.9 Å². The third-order valence-corrected chi connectivity index (χ3v) is 2.44. The Bertz CT molecular complexity index is 586. The lowest BCUT2D eigenvalue weighted by Gasteiger charge is -2.09. The van der Waals surface area contributed by atoms with Crippen LogP contribution in [0, 0.1) is 0 Å². The lowest BCUT2D eigenvalue weighted by Crippen LogP contribution is -2.10. The van der Waals surface area contributed by atoms with Gasteiger partial charge < -0.3 is 4.74 Å². The van der Waals surface area contributed by atoms with Crippen LogP contribution in [-0.2, 0) is 6.18 Å². The van der Waals surface area contributed by atoms with Crippen molar-refractivity contribution in [2.45, 2.75) is 13.1 Å². The molecule has 1 aromatic carbocycles. The Morgan fingerprint density at radius 1 is 1.22 bits per heavy atom. The molecule has 96 valence electrons. The van der Waals surface area contributed by atoms with Crippen molar-refractivity contribution in [3.05, 3.63) is 29.0 Å². The quantitative estimate of drug-likeness (QED) is 0.839. The molecule has 18 heavy (non-hydrogen) atoms. The maximum Gasteiger partial charge on any atom is 0.436 e. The summed E-state index contributed by atoms with van der Waals surface area (Å²) < 4.78 is 42.9. The van der Waals surface area contributed by atoms with Crippen LogP contribution in [0.2, 0.25) is 5.15 Å². The number of benzene rings is 1. The molecule has 0 saturated heterocycles. The van der Waals surface area contributed by atoms with Crippen LogP contribution in [0.3, 0.4) is 0 Å². The molecule has 0 fully saturated rings. The van der Waals surface area contributed by atoms with Gasteiger partial charge in [0.2, 0.25) is 0 Å². The van der Waals surface area contributed by atoms with Crippen LogP contribution in [0.15, 0.2) is 18.2 Å². The second kappa shape index (κ2) is 4.61. The number of ether oxygens (including phenoxy) is 1. The van der Waals surface area contributed by atoms with Crippen molar-refractivity contribution >= 4 is 22.6 Å². The van der Waals surface area contributed by atoms with E-state index in [4.69, 9.17) is 16.3 Å². The average molecular weight is 277 g/mol. The van der Waals surface area contributed by atoms with Crippen molar-refractivity contribution in [2.24, 2.45) is 0 Å². The first-order chi connectivity index (χ1) is 8.41. The Hall–Kier alpha value is -1.56. The normalized spacial score (nSPS) is 11.8. The smallest absolute Gasteiger partial charge is 0.436 e. The summed E-state index contributed by atoms with van der Waals surface area (Å²) in [5, 5.41) is -0.663. The number of aromatic nitrogens is 2. The Balaban J connectivity index is 2.57. The van der Waals surface area contributed by atoms with E-state index in [1.165, 1.54) is 18.2 Å². The number of fused-ring (bicyclic) bond motifs is 1. The molecule has 1 aromatic heterocycles. The van der Waals surface area contributed by atoms with E-state index in [-0.39, 0.29) is 11.0 Å². The Morgan fingerprint density at radius 2 is 1.94 bits per heavy atom. The zero-order valence-corrected chi connectivity index (χ0v) is 10.0. The first-order valence-corrected chi connectivity index (χ1v) is 5.47. The van der Waals surface area contributed by atoms with Crippen LogP contribution < -0.4 is 4.74 Å². The van der Waals surface area contributed by atoms with Gasteiger partial charge in [-0.3, -0.25) is 0 Å². The fourth-order valence-corrected chi connectivity index (χ4v) is 1.69. The molecule has 1 heterocycles. The summed E-state index contributed by atoms with van der Waals surface area (Å²) in [7, 11) is 0. The number of halogens is 4. The molecular weight excluding hydrogens is 269 g/mol. The van der Waals surface area contributed by atoms with Crippen LogP contribution in [0.4, 0.5) is 13.2 Å². The first-order valence-electron chi connectivity index (χ1n) is 5.09. The number of hydrogen-bond donors (Lipinski definition) is 0. The molecule has 0 aliphatic carbocycles. The number of alkyl halides is 3. The van der Waals surface area contributed by atoms with Gasteiger partial charge in [-0.25, -0.2) is 9.97 Å². The topological polar surface area (TPSA) is 35.0 Å². The largest absolute Gasteiger partial charge is 0.494 e. The van der Waals surface area contributed by atoms with Gasteiger partial charge in [0, 0.05) is 6.07 Å². The van der Waals surface area contributed by atoms with Crippen LogP contribution in [0.1, 0.15) is 12.6 Å². The molecule has 0 atom stereocenters. The van der Waals surface area contributed by atoms with Gasteiger partial charge in [0.1, 0.15) is 5.75 Å². The summed E-state index contributed by atoms with van der Waals surface area (Å²) in [4.78, 5) is 7.16. The zero-order valence-electron chi connectivity index (χ0n) is 9.25. The van der Waals surface area contributed by atoms with E-state index >= 15 is 0 Å². The summed E-state index contributed by atoms with van der Waals surface area (Å²) in [5.41, 5.74) is -0.796. The molecule has 0 aliphatic rings. The summed E-state index contributed by atoms with van der Waals surface area (Å²) in [6.45, 7) is 2.25. The maximum absolute atomic E-state index is 12.6. The summed E-state index contributed by atoms with van der Waals surface area (Å²) in [6, 6.07) is 4.45. The predicted octanol–water partition coefficient (Wildman–Crippen LogP) is 3.70. The molecular formula is C11H8ClF3N2O. The molecule has 0 saturated carbocycles. The molecule has 7 heteroatoms. The number of nitrogens with zero attached hydrogens (tertiary/aromatic N) is 2. The number of rotatable bonds is 2. The molecule has 2 aromatic rings. The van der Waals surface area contributed by atoms with Crippen molar-refractivity contribution in [1.29, 1.82) is 0 Å². The van der Waals surface area contributed by atoms with Gasteiger partial charge >= 0.3 is 6.18 Å². The molecule has 3 nitrogen and oxygen atoms in total. The first kappa shape index (κ1) is 12.9. The summed E-state index contributed by atoms with van der Waals surface area (Å²) >= 11 is 5.48. The Morgan fingerprint density at radius 3 is 2.56 bits per heavy atom. The van der Waals surface area contributed by atoms with Crippen LogP contribution >= 0.6 is 11.6 Å². The molecule has 0 bridgehead atoms. The minimum Gasteiger partial charge on any atom is -0.494 e. The lowest BCUT2D eigenvalue weighted by atomic mass is 10.2. The van der Waals surface area contributed by atoms with E-state index < -0.39 is 17.0 Å². The molecule has 0 unspecified atom stereocenters. The predicted molar refractivity (Wildman–Crippen MR) is 60.7 cm³/mol. The van der Waals surface area contributed by atoms with Crippen molar-refractivity contribution in [2.75, 3.05) is 6.61 Å². The van der Waals surface area contributed by atoms with Crippen LogP contribution in [-0.4, -0.2) is 16.6 Å². The van der Waals surface area contributed by atoms with Gasteiger partial charge in [0.15, 0.2) is 10.8 Å². The Kier molecular flexibility index (Phi) is 3.30. The van der Waals surface area contributed by atoms with E-state index in [0.717, 1.165) is 0 Å². The van der Waals surface area contributed by atoms with Gasteiger partial charge in [0.25, 0.3) is 0 Å². The maximum atomic E-state index is 12.6. The third-order valence-electron chi connectivity index (χ3n) is 2.17. The van der Waals surface area contributed by atoms with E-state index in [1.54, 1.807) is 6.92 Å². The zero-order chi connectivity index (χ0) is 13.3. The molecule has 0 amide bonds. The van der Waals surface area contributed by atoms with Gasteiger partial charge in [0.05, 0.1) is 17.6 Å². The highest BCUT2D eigenvalue weighted by Crippen LogP contribution is 2.33. The van der Waals surface area contributed by atoms with Crippen LogP contribution in [0.25, 0.3) is 11.0 Å². The molecule has 0 spiro atoms. The molecule has 0 aliphatic heterocycles. The highest BCUT2D eigenvalue weighted by atomic mass is 35.5. The molecule has 0 radical (unpaired) electrons. The van der Waals surface area contributed by atoms with Gasteiger partial charge in [-0.05, 0) is 19.1 Å². The Labute approximate surface area is 106 Å². The van der Waals surface area contributed by atoms with Crippen molar-refractivity contribution in [3.63, 3.8) is 0 Å². The van der Waals surface area contributed by atoms with Crippen molar-refractivity contribution in [1.82, 2.24) is 9.97 Å². The van der Waals surface area contributed by atoms with Crippen LogP contribution in [0.5, 0.6) is 5.75 Å². The van der Waals surface area contributed by atoms with Gasteiger partial charge in [-0.2, -0.15) is 13.2 Å². The monoisotopic (exact) mass is 276 g/mol. The minimum absolute atomic E-state index is 0.121. The third kappa shape index (κ3) is 2.48. The van der Waals surface area contributed by atoms with E-state index in [2.05, 4.69) is 9.97 Å². The summed E-state index contributed by atoms with van der Waals surface area (Å²) in [6.07, 6.45) is -4.61. The highest BCUT2D eigenvalue weighted by molar-refractivity contribution is 6.30. The van der Waals surface area contributed by atoms with Gasteiger partial charge in [-0.15, -0.1) is 0 Å². The van der Waals surface area contributed by atoms with E-state index in [0.29, 0.717) is 12.4 Å².